The van der Waals surface area contributed by atoms with Gasteiger partial charge in [0.05, 0.1) is 6.26 Å². The molecule has 0 atom stereocenters. The molecule has 1 aliphatic heterocycles. The van der Waals surface area contributed by atoms with Crippen LogP contribution in [0.3, 0.4) is 0 Å². The van der Waals surface area contributed by atoms with Gasteiger partial charge in [0, 0.05) is 31.2 Å². The Balaban J connectivity index is 1.65. The average molecular weight is 340 g/mol. The Bertz CT molecular complexity index is 731. The largest absolute Gasteiger partial charge is 0.459 e. The molecule has 0 bridgehead atoms. The molecule has 0 radical (unpaired) electrons. The van der Waals surface area contributed by atoms with E-state index in [0.29, 0.717) is 38.2 Å². The number of amides is 2. The van der Waals surface area contributed by atoms with Crippen LogP contribution in [0.5, 0.6) is 0 Å². The molecule has 0 aliphatic carbocycles. The Morgan fingerprint density at radius 2 is 1.88 bits per heavy atom. The molecule has 0 saturated carbocycles. The molecule has 1 aromatic carbocycles. The fourth-order valence-electron chi connectivity index (χ4n) is 3.42. The van der Waals surface area contributed by atoms with Gasteiger partial charge in [0.2, 0.25) is 5.91 Å². The van der Waals surface area contributed by atoms with Crippen molar-refractivity contribution in [3.05, 3.63) is 54.0 Å². The number of furan rings is 1. The maximum absolute atomic E-state index is 13.0. The van der Waals surface area contributed by atoms with Gasteiger partial charge in [0.1, 0.15) is 0 Å². The van der Waals surface area contributed by atoms with Crippen LogP contribution in [0.2, 0.25) is 0 Å². The first-order valence-electron chi connectivity index (χ1n) is 8.81. The number of benzene rings is 1. The van der Waals surface area contributed by atoms with Crippen molar-refractivity contribution in [1.29, 1.82) is 0 Å². The molecule has 5 nitrogen and oxygen atoms in total. The molecule has 1 aromatic heterocycles. The third kappa shape index (κ3) is 3.60. The predicted octanol–water partition coefficient (Wildman–Crippen LogP) is 3.49. The van der Waals surface area contributed by atoms with E-state index in [2.05, 4.69) is 0 Å². The standard InChI is InChI=1S/C20H24N2O3/c1-3-22(17-8-5-4-7-15(17)2)19(23)16-10-12-21(13-11-16)20(24)18-9-6-14-25-18/h4-9,14,16H,3,10-13H2,1-2H3. The molecule has 1 aliphatic rings. The van der Waals surface area contributed by atoms with Gasteiger partial charge < -0.3 is 14.2 Å². The smallest absolute Gasteiger partial charge is 0.289 e. The van der Waals surface area contributed by atoms with Crippen LogP contribution in [-0.4, -0.2) is 36.3 Å². The number of para-hydroxylation sites is 1. The van der Waals surface area contributed by atoms with Gasteiger partial charge in [-0.1, -0.05) is 18.2 Å². The predicted molar refractivity (Wildman–Crippen MR) is 96.5 cm³/mol. The normalized spacial score (nSPS) is 15.2. The van der Waals surface area contributed by atoms with Crippen molar-refractivity contribution in [2.75, 3.05) is 24.5 Å². The first kappa shape index (κ1) is 17.3. The van der Waals surface area contributed by atoms with Gasteiger partial charge in [0.15, 0.2) is 5.76 Å². The van der Waals surface area contributed by atoms with Crippen molar-refractivity contribution in [3.8, 4) is 0 Å². The molecule has 132 valence electrons. The maximum atomic E-state index is 13.0. The second-order valence-corrected chi connectivity index (χ2v) is 6.41. The van der Waals surface area contributed by atoms with Gasteiger partial charge in [-0.2, -0.15) is 0 Å². The number of rotatable bonds is 4. The van der Waals surface area contributed by atoms with Crippen LogP contribution in [0.4, 0.5) is 5.69 Å². The van der Waals surface area contributed by atoms with Gasteiger partial charge in [-0.25, -0.2) is 0 Å². The van der Waals surface area contributed by atoms with E-state index >= 15 is 0 Å². The fourth-order valence-corrected chi connectivity index (χ4v) is 3.42. The monoisotopic (exact) mass is 340 g/mol. The number of aryl methyl sites for hydroxylation is 1. The third-order valence-corrected chi connectivity index (χ3v) is 4.85. The SMILES string of the molecule is CCN(C(=O)C1CCN(C(=O)c2ccco2)CC1)c1ccccc1C. The summed E-state index contributed by atoms with van der Waals surface area (Å²) in [5.74, 6) is 0.379. The summed E-state index contributed by atoms with van der Waals surface area (Å²) in [4.78, 5) is 29.0. The molecule has 2 heterocycles. The second kappa shape index (κ2) is 7.55. The molecule has 0 N–H and O–H groups in total. The van der Waals surface area contributed by atoms with Crippen LogP contribution in [0, 0.1) is 12.8 Å². The van der Waals surface area contributed by atoms with E-state index in [1.54, 1.807) is 17.0 Å². The van der Waals surface area contributed by atoms with Crippen LogP contribution in [0.1, 0.15) is 35.9 Å². The van der Waals surface area contributed by atoms with E-state index in [0.717, 1.165) is 11.3 Å². The summed E-state index contributed by atoms with van der Waals surface area (Å²) in [6.45, 7) is 5.84. The molecular weight excluding hydrogens is 316 g/mol. The zero-order valence-corrected chi connectivity index (χ0v) is 14.8. The highest BCUT2D eigenvalue weighted by Gasteiger charge is 2.31. The van der Waals surface area contributed by atoms with Crippen LogP contribution >= 0.6 is 0 Å². The van der Waals surface area contributed by atoms with E-state index < -0.39 is 0 Å². The first-order valence-corrected chi connectivity index (χ1v) is 8.81. The zero-order valence-electron chi connectivity index (χ0n) is 14.8. The zero-order chi connectivity index (χ0) is 17.8. The van der Waals surface area contributed by atoms with Crippen molar-refractivity contribution in [3.63, 3.8) is 0 Å². The number of carbonyl (C=O) groups excluding carboxylic acids is 2. The summed E-state index contributed by atoms with van der Waals surface area (Å²) in [7, 11) is 0. The molecule has 25 heavy (non-hydrogen) atoms. The van der Waals surface area contributed by atoms with E-state index in [-0.39, 0.29) is 17.7 Å². The van der Waals surface area contributed by atoms with Gasteiger partial charge in [0.25, 0.3) is 5.91 Å². The summed E-state index contributed by atoms with van der Waals surface area (Å²) in [6, 6.07) is 11.3. The number of piperidine rings is 1. The quantitative estimate of drug-likeness (QED) is 0.856. The number of anilines is 1. The second-order valence-electron chi connectivity index (χ2n) is 6.41. The minimum atomic E-state index is -0.0952. The van der Waals surface area contributed by atoms with Gasteiger partial charge >= 0.3 is 0 Å². The lowest BCUT2D eigenvalue weighted by molar-refractivity contribution is -0.123. The summed E-state index contributed by atoms with van der Waals surface area (Å²) in [5, 5.41) is 0. The molecule has 2 aromatic rings. The Kier molecular flexibility index (Phi) is 5.22. The van der Waals surface area contributed by atoms with E-state index in [1.807, 2.05) is 43.0 Å². The lowest BCUT2D eigenvalue weighted by Crippen LogP contribution is -2.44. The Hall–Kier alpha value is -2.56. The topological polar surface area (TPSA) is 53.8 Å². The number of likely N-dealkylation sites (tertiary alicyclic amines) is 1. The summed E-state index contributed by atoms with van der Waals surface area (Å²) in [6.07, 6.45) is 2.88. The first-order chi connectivity index (χ1) is 12.1. The highest BCUT2D eigenvalue weighted by Crippen LogP contribution is 2.26. The molecular formula is C20H24N2O3. The van der Waals surface area contributed by atoms with Crippen molar-refractivity contribution in [2.24, 2.45) is 5.92 Å². The Labute approximate surface area is 148 Å². The van der Waals surface area contributed by atoms with Crippen molar-refractivity contribution in [1.82, 2.24) is 4.90 Å². The maximum Gasteiger partial charge on any atom is 0.289 e. The van der Waals surface area contributed by atoms with Crippen molar-refractivity contribution < 1.29 is 14.0 Å². The van der Waals surface area contributed by atoms with Crippen LogP contribution in [0.25, 0.3) is 0 Å². The molecule has 3 rings (SSSR count). The van der Waals surface area contributed by atoms with Crippen molar-refractivity contribution in [2.45, 2.75) is 26.7 Å². The summed E-state index contributed by atoms with van der Waals surface area (Å²) < 4.78 is 5.18. The van der Waals surface area contributed by atoms with E-state index in [1.165, 1.54) is 6.26 Å². The highest BCUT2D eigenvalue weighted by atomic mass is 16.3. The Morgan fingerprint density at radius 3 is 2.48 bits per heavy atom. The Morgan fingerprint density at radius 1 is 1.16 bits per heavy atom. The van der Waals surface area contributed by atoms with Crippen LogP contribution < -0.4 is 4.90 Å². The van der Waals surface area contributed by atoms with Crippen LogP contribution in [-0.2, 0) is 4.79 Å². The minimum Gasteiger partial charge on any atom is -0.459 e. The molecule has 0 unspecified atom stereocenters. The molecule has 1 saturated heterocycles. The van der Waals surface area contributed by atoms with Gasteiger partial charge in [-0.15, -0.1) is 0 Å². The summed E-state index contributed by atoms with van der Waals surface area (Å²) >= 11 is 0. The number of carbonyl (C=O) groups is 2. The number of hydrogen-bond acceptors (Lipinski definition) is 3. The van der Waals surface area contributed by atoms with Gasteiger partial charge in [-0.3, -0.25) is 9.59 Å². The highest BCUT2D eigenvalue weighted by molar-refractivity contribution is 5.96. The van der Waals surface area contributed by atoms with Crippen molar-refractivity contribution >= 4 is 17.5 Å². The number of nitrogens with zero attached hydrogens (tertiary/aromatic N) is 2. The lowest BCUT2D eigenvalue weighted by atomic mass is 9.94. The van der Waals surface area contributed by atoms with E-state index in [4.69, 9.17) is 4.42 Å². The third-order valence-electron chi connectivity index (χ3n) is 4.85. The number of hydrogen-bond donors (Lipinski definition) is 0. The molecule has 5 heteroatoms. The molecule has 2 amide bonds. The fraction of sp³-hybridized carbons (Fsp3) is 0.400. The average Bonchev–Trinajstić information content (AvgIpc) is 3.18. The molecule has 1 fully saturated rings. The lowest BCUT2D eigenvalue weighted by Gasteiger charge is -2.34. The summed E-state index contributed by atoms with van der Waals surface area (Å²) in [5.41, 5.74) is 2.08. The molecule has 0 spiro atoms. The van der Waals surface area contributed by atoms with Crippen LogP contribution in [0.15, 0.2) is 47.1 Å². The minimum absolute atomic E-state index is 0.0415. The van der Waals surface area contributed by atoms with E-state index in [9.17, 15) is 9.59 Å². The van der Waals surface area contributed by atoms with Gasteiger partial charge in [-0.05, 0) is 50.5 Å².